The third-order valence-electron chi connectivity index (χ3n) is 5.70. The Labute approximate surface area is 137 Å². The second-order valence-corrected chi connectivity index (χ2v) is 7.19. The van der Waals surface area contributed by atoms with E-state index >= 15 is 0 Å². The lowest BCUT2D eigenvalue weighted by atomic mass is 9.73. The van der Waals surface area contributed by atoms with E-state index in [4.69, 9.17) is 4.74 Å². The molecule has 2 aliphatic rings. The highest BCUT2D eigenvalue weighted by Gasteiger charge is 2.28. The second kappa shape index (κ2) is 7.02. The molecule has 0 aromatic heterocycles. The van der Waals surface area contributed by atoms with Crippen LogP contribution in [-0.2, 0) is 0 Å². The van der Waals surface area contributed by atoms with Crippen LogP contribution < -0.4 is 4.74 Å². The molecule has 0 amide bonds. The highest BCUT2D eigenvalue weighted by atomic mass is 19.2. The fourth-order valence-electron chi connectivity index (χ4n) is 4.15. The van der Waals surface area contributed by atoms with Gasteiger partial charge >= 0.3 is 0 Å². The van der Waals surface area contributed by atoms with Crippen LogP contribution in [0.3, 0.4) is 0 Å². The first kappa shape index (κ1) is 16.5. The molecule has 3 rings (SSSR count). The summed E-state index contributed by atoms with van der Waals surface area (Å²) in [5.74, 6) is 0.0159. The Morgan fingerprint density at radius 3 is 2.26 bits per heavy atom. The molecule has 1 aromatic rings. The number of halogens is 2. The lowest BCUT2D eigenvalue weighted by Crippen LogP contribution is -2.18. The number of methoxy groups -OCH3 is 1. The van der Waals surface area contributed by atoms with E-state index in [9.17, 15) is 8.78 Å². The molecule has 1 fully saturated rings. The van der Waals surface area contributed by atoms with Crippen molar-refractivity contribution in [3.63, 3.8) is 0 Å². The van der Waals surface area contributed by atoms with Gasteiger partial charge in [0.1, 0.15) is 0 Å². The minimum absolute atomic E-state index is 0.0126. The lowest BCUT2D eigenvalue weighted by Gasteiger charge is -2.32. The Morgan fingerprint density at radius 2 is 1.65 bits per heavy atom. The molecule has 1 aromatic carbocycles. The summed E-state index contributed by atoms with van der Waals surface area (Å²) in [6, 6.07) is 3.24. The summed E-state index contributed by atoms with van der Waals surface area (Å²) in [7, 11) is 1.36. The van der Waals surface area contributed by atoms with Crippen LogP contribution in [0.15, 0.2) is 23.8 Å². The van der Waals surface area contributed by atoms with Crippen molar-refractivity contribution in [3.05, 3.63) is 41.0 Å². The van der Waals surface area contributed by atoms with Gasteiger partial charge in [0.05, 0.1) is 7.11 Å². The average molecular weight is 320 g/mol. The quantitative estimate of drug-likeness (QED) is 0.621. The van der Waals surface area contributed by atoms with Crippen molar-refractivity contribution < 1.29 is 13.5 Å². The van der Waals surface area contributed by atoms with E-state index in [1.54, 1.807) is 17.7 Å². The second-order valence-electron chi connectivity index (χ2n) is 7.19. The van der Waals surface area contributed by atoms with E-state index < -0.39 is 11.6 Å². The predicted octanol–water partition coefficient (Wildman–Crippen LogP) is 5.99. The zero-order valence-corrected chi connectivity index (χ0v) is 14.1. The van der Waals surface area contributed by atoms with Gasteiger partial charge in [-0.2, -0.15) is 4.39 Å². The van der Waals surface area contributed by atoms with E-state index in [1.807, 2.05) is 0 Å². The summed E-state index contributed by atoms with van der Waals surface area (Å²) >= 11 is 0. The molecule has 1 nitrogen and oxygen atoms in total. The summed E-state index contributed by atoms with van der Waals surface area (Å²) in [4.78, 5) is 0. The first-order chi connectivity index (χ1) is 11.1. The van der Waals surface area contributed by atoms with Gasteiger partial charge in [0, 0.05) is 0 Å². The molecular formula is C20H26F2O. The summed E-state index contributed by atoms with van der Waals surface area (Å²) < 4.78 is 33.0. The molecule has 0 N–H and O–H groups in total. The molecule has 0 spiro atoms. The number of hydrogen-bond donors (Lipinski definition) is 0. The van der Waals surface area contributed by atoms with Crippen molar-refractivity contribution in [1.82, 2.24) is 0 Å². The van der Waals surface area contributed by atoms with Gasteiger partial charge in [0.15, 0.2) is 11.6 Å². The molecule has 0 radical (unpaired) electrons. The van der Waals surface area contributed by atoms with Crippen LogP contribution in [-0.4, -0.2) is 7.11 Å². The van der Waals surface area contributed by atoms with Crippen LogP contribution in [0.1, 0.15) is 63.4 Å². The van der Waals surface area contributed by atoms with E-state index in [1.165, 1.54) is 26.4 Å². The molecule has 23 heavy (non-hydrogen) atoms. The van der Waals surface area contributed by atoms with Gasteiger partial charge in [0.25, 0.3) is 0 Å². The molecule has 126 valence electrons. The maximum absolute atomic E-state index is 14.3. The van der Waals surface area contributed by atoms with Gasteiger partial charge in [-0.1, -0.05) is 24.6 Å². The summed E-state index contributed by atoms with van der Waals surface area (Å²) in [5, 5.41) is 0. The third kappa shape index (κ3) is 3.44. The number of ether oxygens (including phenoxy) is 1. The largest absolute Gasteiger partial charge is 0.494 e. The molecule has 1 saturated carbocycles. The fraction of sp³-hybridized carbons (Fsp3) is 0.600. The summed E-state index contributed by atoms with van der Waals surface area (Å²) in [6.07, 6.45) is 10.2. The van der Waals surface area contributed by atoms with E-state index in [-0.39, 0.29) is 11.7 Å². The van der Waals surface area contributed by atoms with Gasteiger partial charge in [-0.25, -0.2) is 4.39 Å². The Bertz CT molecular complexity index is 586. The highest BCUT2D eigenvalue weighted by Crippen LogP contribution is 2.42. The zero-order valence-electron chi connectivity index (χ0n) is 14.1. The monoisotopic (exact) mass is 320 g/mol. The van der Waals surface area contributed by atoms with Gasteiger partial charge in [0.2, 0.25) is 5.82 Å². The molecule has 1 atom stereocenters. The Balaban J connectivity index is 1.66. The van der Waals surface area contributed by atoms with E-state index in [0.29, 0.717) is 11.5 Å². The zero-order chi connectivity index (χ0) is 16.4. The lowest BCUT2D eigenvalue weighted by molar-refractivity contribution is 0.331. The van der Waals surface area contributed by atoms with Gasteiger partial charge in [-0.05, 0) is 74.3 Å². The molecule has 0 aliphatic heterocycles. The van der Waals surface area contributed by atoms with Crippen LogP contribution in [0, 0.1) is 23.5 Å². The van der Waals surface area contributed by atoms with Crippen molar-refractivity contribution in [2.75, 3.05) is 7.11 Å². The smallest absolute Gasteiger partial charge is 0.200 e. The van der Waals surface area contributed by atoms with E-state index in [2.05, 4.69) is 13.0 Å². The van der Waals surface area contributed by atoms with Gasteiger partial charge < -0.3 is 4.74 Å². The normalized spacial score (nSPS) is 28.3. The van der Waals surface area contributed by atoms with Crippen LogP contribution in [0.4, 0.5) is 8.78 Å². The standard InChI is InChI=1S/C20H26F2O/c1-13-3-5-14(6-4-13)15-7-9-16(10-8-15)17-11-12-18(23-2)20(22)19(17)21/h5,11-13,15-16H,3-4,6-10H2,1-2H3. The van der Waals surface area contributed by atoms with E-state index in [0.717, 1.165) is 31.6 Å². The third-order valence-corrected chi connectivity index (χ3v) is 5.70. The fourth-order valence-corrected chi connectivity index (χ4v) is 4.15. The number of allylic oxidation sites excluding steroid dienone is 2. The van der Waals surface area contributed by atoms with Crippen LogP contribution in [0.2, 0.25) is 0 Å². The van der Waals surface area contributed by atoms with Crippen LogP contribution >= 0.6 is 0 Å². The SMILES string of the molecule is COc1ccc(C2CCC(C3=CCC(C)CC3)CC2)c(F)c1F. The predicted molar refractivity (Wildman–Crippen MR) is 88.7 cm³/mol. The summed E-state index contributed by atoms with van der Waals surface area (Å²) in [5.41, 5.74) is 2.14. The first-order valence-electron chi connectivity index (χ1n) is 8.81. The molecule has 0 saturated heterocycles. The number of rotatable bonds is 3. The highest BCUT2D eigenvalue weighted by molar-refractivity contribution is 5.33. The average Bonchev–Trinajstić information content (AvgIpc) is 2.58. The molecule has 0 bridgehead atoms. The van der Waals surface area contributed by atoms with Crippen molar-refractivity contribution in [1.29, 1.82) is 0 Å². The van der Waals surface area contributed by atoms with Crippen LogP contribution in [0.25, 0.3) is 0 Å². The first-order valence-corrected chi connectivity index (χ1v) is 8.81. The minimum atomic E-state index is -0.851. The molecule has 3 heteroatoms. The van der Waals surface area contributed by atoms with Gasteiger partial charge in [-0.3, -0.25) is 0 Å². The number of benzene rings is 1. The van der Waals surface area contributed by atoms with Crippen molar-refractivity contribution in [3.8, 4) is 5.75 Å². The molecule has 0 heterocycles. The van der Waals surface area contributed by atoms with Crippen molar-refractivity contribution >= 4 is 0 Å². The van der Waals surface area contributed by atoms with Crippen molar-refractivity contribution in [2.45, 2.75) is 57.8 Å². The Morgan fingerprint density at radius 1 is 0.957 bits per heavy atom. The maximum Gasteiger partial charge on any atom is 0.200 e. The van der Waals surface area contributed by atoms with Crippen LogP contribution in [0.5, 0.6) is 5.75 Å². The number of hydrogen-bond acceptors (Lipinski definition) is 1. The topological polar surface area (TPSA) is 9.23 Å². The maximum atomic E-state index is 14.3. The Kier molecular flexibility index (Phi) is 5.03. The Hall–Kier alpha value is -1.38. The molecule has 2 aliphatic carbocycles. The van der Waals surface area contributed by atoms with Gasteiger partial charge in [-0.15, -0.1) is 0 Å². The minimum Gasteiger partial charge on any atom is -0.494 e. The molecular weight excluding hydrogens is 294 g/mol. The van der Waals surface area contributed by atoms with Crippen molar-refractivity contribution in [2.24, 2.45) is 11.8 Å². The molecule has 1 unspecified atom stereocenters. The summed E-state index contributed by atoms with van der Waals surface area (Å²) in [6.45, 7) is 2.31.